The summed E-state index contributed by atoms with van der Waals surface area (Å²) in [6, 6.07) is 9.37. The van der Waals surface area contributed by atoms with E-state index in [0.717, 1.165) is 65.3 Å². The van der Waals surface area contributed by atoms with Crippen molar-refractivity contribution in [2.75, 3.05) is 31.8 Å². The highest BCUT2D eigenvalue weighted by atomic mass is 35.5. The molecule has 4 fully saturated rings. The van der Waals surface area contributed by atoms with Gasteiger partial charge in [-0.3, -0.25) is 0 Å². The molecule has 0 spiro atoms. The van der Waals surface area contributed by atoms with E-state index in [2.05, 4.69) is 10.1 Å². The molecular formula is C32H31Cl2N3O6S. The maximum atomic E-state index is 12.4. The largest absolute Gasteiger partial charge is 0.486 e. The SMILES string of the molecule is COC(=O)c1cc(O[C@@H]2CCOC2)c2nc(N3C[C@@H]4C[C@H]3C[C@H]4OCc3c(-c4c(Cl)cccc4Cl)noc3C3CC3)sc2c1. The maximum absolute atomic E-state index is 12.4. The minimum absolute atomic E-state index is 0.0581. The van der Waals surface area contributed by atoms with Crippen molar-refractivity contribution < 1.29 is 28.3 Å². The zero-order valence-corrected chi connectivity index (χ0v) is 26.4. The van der Waals surface area contributed by atoms with Gasteiger partial charge < -0.3 is 28.4 Å². The number of benzene rings is 2. The van der Waals surface area contributed by atoms with Gasteiger partial charge in [0, 0.05) is 42.0 Å². The molecule has 230 valence electrons. The molecule has 2 aromatic carbocycles. The Labute approximate surface area is 268 Å². The normalized spacial score (nSPS) is 24.5. The summed E-state index contributed by atoms with van der Waals surface area (Å²) in [7, 11) is 1.39. The summed E-state index contributed by atoms with van der Waals surface area (Å²) in [6.45, 7) is 2.46. The lowest BCUT2D eigenvalue weighted by Gasteiger charge is -2.31. The predicted octanol–water partition coefficient (Wildman–Crippen LogP) is 7.27. The van der Waals surface area contributed by atoms with Gasteiger partial charge in [0.15, 0.2) is 5.13 Å². The summed E-state index contributed by atoms with van der Waals surface area (Å²) in [6.07, 6.45) is 4.99. The Kier molecular flexibility index (Phi) is 7.45. The molecule has 44 heavy (non-hydrogen) atoms. The predicted molar refractivity (Wildman–Crippen MR) is 167 cm³/mol. The fraction of sp³-hybridized carbons (Fsp3) is 0.469. The lowest BCUT2D eigenvalue weighted by molar-refractivity contribution is 0.0122. The Morgan fingerprint density at radius 1 is 1.16 bits per heavy atom. The average Bonchev–Trinajstić information content (AvgIpc) is 3.51. The lowest BCUT2D eigenvalue weighted by Crippen LogP contribution is -2.38. The fourth-order valence-corrected chi connectivity index (χ4v) is 8.48. The van der Waals surface area contributed by atoms with Crippen molar-refractivity contribution >= 4 is 55.9 Å². The van der Waals surface area contributed by atoms with Crippen LogP contribution in [0, 0.1) is 5.92 Å². The molecule has 2 aromatic heterocycles. The first-order chi connectivity index (χ1) is 21.5. The second-order valence-electron chi connectivity index (χ2n) is 12.0. The van der Waals surface area contributed by atoms with E-state index in [1.807, 2.05) is 24.3 Å². The summed E-state index contributed by atoms with van der Waals surface area (Å²) in [5.74, 6) is 1.85. The van der Waals surface area contributed by atoms with E-state index in [4.69, 9.17) is 51.7 Å². The minimum atomic E-state index is -0.396. The molecule has 2 saturated heterocycles. The first-order valence-corrected chi connectivity index (χ1v) is 16.6. The first kappa shape index (κ1) is 28.6. The van der Waals surface area contributed by atoms with Gasteiger partial charge in [-0.2, -0.15) is 0 Å². The van der Waals surface area contributed by atoms with Crippen LogP contribution >= 0.6 is 34.5 Å². The molecule has 2 aliphatic heterocycles. The van der Waals surface area contributed by atoms with E-state index in [9.17, 15) is 4.79 Å². The number of ether oxygens (including phenoxy) is 4. The van der Waals surface area contributed by atoms with Crippen molar-refractivity contribution in [2.24, 2.45) is 5.92 Å². The van der Waals surface area contributed by atoms with Crippen LogP contribution in [-0.4, -0.2) is 61.2 Å². The third-order valence-electron chi connectivity index (χ3n) is 9.18. The average molecular weight is 657 g/mol. The Morgan fingerprint density at radius 3 is 2.70 bits per heavy atom. The second-order valence-corrected chi connectivity index (χ2v) is 13.9. The van der Waals surface area contributed by atoms with Crippen molar-refractivity contribution in [3.8, 4) is 17.0 Å². The summed E-state index contributed by atoms with van der Waals surface area (Å²) in [5.41, 5.74) is 3.55. The number of fused-ring (bicyclic) bond motifs is 3. The molecule has 4 aliphatic rings. The van der Waals surface area contributed by atoms with Crippen LogP contribution in [0.2, 0.25) is 10.0 Å². The van der Waals surface area contributed by atoms with Crippen molar-refractivity contribution in [3.63, 3.8) is 0 Å². The molecule has 2 bridgehead atoms. The molecule has 8 rings (SSSR count). The molecule has 2 aliphatic carbocycles. The van der Waals surface area contributed by atoms with Crippen molar-refractivity contribution in [3.05, 3.63) is 57.3 Å². The second kappa shape index (κ2) is 11.5. The van der Waals surface area contributed by atoms with Crippen LogP contribution < -0.4 is 9.64 Å². The number of aromatic nitrogens is 2. The number of methoxy groups -OCH3 is 1. The van der Waals surface area contributed by atoms with Gasteiger partial charge in [0.25, 0.3) is 0 Å². The van der Waals surface area contributed by atoms with E-state index in [1.165, 1.54) is 7.11 Å². The van der Waals surface area contributed by atoms with Crippen LogP contribution in [0.5, 0.6) is 5.75 Å². The number of anilines is 1. The third-order valence-corrected chi connectivity index (χ3v) is 10.9. The van der Waals surface area contributed by atoms with Crippen LogP contribution in [0.25, 0.3) is 21.5 Å². The first-order valence-electron chi connectivity index (χ1n) is 15.0. The number of esters is 1. The molecule has 0 N–H and O–H groups in total. The van der Waals surface area contributed by atoms with Gasteiger partial charge in [-0.25, -0.2) is 9.78 Å². The number of halogens is 2. The van der Waals surface area contributed by atoms with Crippen molar-refractivity contribution in [2.45, 2.75) is 62.9 Å². The number of thiazole rings is 1. The quantitative estimate of drug-likeness (QED) is 0.172. The maximum Gasteiger partial charge on any atom is 0.338 e. The van der Waals surface area contributed by atoms with Gasteiger partial charge in [-0.05, 0) is 49.9 Å². The smallest absolute Gasteiger partial charge is 0.338 e. The van der Waals surface area contributed by atoms with Gasteiger partial charge in [-0.1, -0.05) is 45.8 Å². The standard InChI is InChI=1S/C32H31Cl2N3O6S/c1-39-31(38)17-10-25(42-20-7-8-40-14-20)29-26(11-17)44-32(35-29)37-13-18-9-19(37)12-24(18)41-15-21-28(36-43-30(21)16-5-6-16)27-22(33)3-2-4-23(27)34/h2-4,10-11,16,18-20,24H,5-9,12-15H2,1H3/t18-,19-,20+,24+/m0/s1. The fourth-order valence-electron chi connectivity index (χ4n) is 6.80. The number of carbonyl (C=O) groups excluding carboxylic acids is 1. The summed E-state index contributed by atoms with van der Waals surface area (Å²) in [5, 5.41) is 6.44. The zero-order chi connectivity index (χ0) is 29.9. The molecule has 4 atom stereocenters. The van der Waals surface area contributed by atoms with Crippen LogP contribution in [0.4, 0.5) is 5.13 Å². The van der Waals surface area contributed by atoms with Crippen molar-refractivity contribution in [1.29, 1.82) is 0 Å². The molecule has 0 amide bonds. The van der Waals surface area contributed by atoms with E-state index in [1.54, 1.807) is 17.4 Å². The van der Waals surface area contributed by atoms with E-state index in [-0.39, 0.29) is 12.2 Å². The lowest BCUT2D eigenvalue weighted by atomic mass is 10.0. The number of rotatable bonds is 9. The molecular weight excluding hydrogens is 625 g/mol. The van der Waals surface area contributed by atoms with E-state index < -0.39 is 5.97 Å². The number of hydrogen-bond acceptors (Lipinski definition) is 10. The molecule has 2 saturated carbocycles. The Hall–Kier alpha value is -2.89. The summed E-state index contributed by atoms with van der Waals surface area (Å²) >= 11 is 14.7. The number of carbonyl (C=O) groups is 1. The number of piperidine rings is 1. The Bertz CT molecular complexity index is 1710. The van der Waals surface area contributed by atoms with Crippen molar-refractivity contribution in [1.82, 2.24) is 10.1 Å². The molecule has 4 aromatic rings. The monoisotopic (exact) mass is 655 g/mol. The van der Waals surface area contributed by atoms with Gasteiger partial charge >= 0.3 is 5.97 Å². The molecule has 9 nitrogen and oxygen atoms in total. The summed E-state index contributed by atoms with van der Waals surface area (Å²) < 4.78 is 30.1. The van der Waals surface area contributed by atoms with Crippen LogP contribution in [0.15, 0.2) is 34.9 Å². The van der Waals surface area contributed by atoms with Crippen LogP contribution in [-0.2, 0) is 20.8 Å². The van der Waals surface area contributed by atoms with Gasteiger partial charge in [0.2, 0.25) is 0 Å². The zero-order valence-electron chi connectivity index (χ0n) is 24.1. The Balaban J connectivity index is 1.01. The topological polar surface area (TPSA) is 96.2 Å². The van der Waals surface area contributed by atoms with Gasteiger partial charge in [-0.15, -0.1) is 0 Å². The van der Waals surface area contributed by atoms with E-state index in [0.29, 0.717) is 70.3 Å². The van der Waals surface area contributed by atoms with Crippen LogP contribution in [0.3, 0.4) is 0 Å². The highest BCUT2D eigenvalue weighted by Gasteiger charge is 2.47. The minimum Gasteiger partial charge on any atom is -0.486 e. The van der Waals surface area contributed by atoms with Gasteiger partial charge in [0.05, 0.1) is 53.3 Å². The highest BCUT2D eigenvalue weighted by Crippen LogP contribution is 2.48. The molecule has 12 heteroatoms. The highest BCUT2D eigenvalue weighted by molar-refractivity contribution is 7.22. The van der Waals surface area contributed by atoms with Crippen LogP contribution in [0.1, 0.15) is 59.7 Å². The molecule has 0 radical (unpaired) electrons. The van der Waals surface area contributed by atoms with E-state index >= 15 is 0 Å². The molecule has 4 heterocycles. The Morgan fingerprint density at radius 2 is 2.00 bits per heavy atom. The van der Waals surface area contributed by atoms with Gasteiger partial charge in [0.1, 0.15) is 28.8 Å². The number of hydrogen-bond donors (Lipinski definition) is 0. The molecule has 0 unspecified atom stereocenters. The number of nitrogens with zero attached hydrogens (tertiary/aromatic N) is 3. The third kappa shape index (κ3) is 5.14. The summed E-state index contributed by atoms with van der Waals surface area (Å²) in [4.78, 5) is 19.8.